The van der Waals surface area contributed by atoms with E-state index in [9.17, 15) is 9.90 Å². The molecule has 3 heterocycles. The average molecular weight is 369 g/mol. The molecule has 4 rings (SSSR count). The Morgan fingerprint density at radius 3 is 2.65 bits per heavy atom. The van der Waals surface area contributed by atoms with Crippen LogP contribution in [0.3, 0.4) is 0 Å². The van der Waals surface area contributed by atoms with Crippen LogP contribution >= 0.6 is 11.6 Å². The Morgan fingerprint density at radius 1 is 1.19 bits per heavy atom. The number of aryl methyl sites for hydroxylation is 1. The lowest BCUT2D eigenvalue weighted by atomic mass is 10.1. The first-order chi connectivity index (χ1) is 12.5. The van der Waals surface area contributed by atoms with E-state index in [4.69, 9.17) is 11.6 Å². The molecule has 1 aliphatic rings. The summed E-state index contributed by atoms with van der Waals surface area (Å²) in [6.45, 7) is 1.78. The molecule has 0 saturated carbocycles. The number of aromatic nitrogens is 5. The van der Waals surface area contributed by atoms with E-state index >= 15 is 0 Å². The first-order valence-corrected chi connectivity index (χ1v) is 8.21. The fourth-order valence-electron chi connectivity index (χ4n) is 2.91. The molecular formula is C17H13ClN6O2. The summed E-state index contributed by atoms with van der Waals surface area (Å²) in [7, 11) is 0. The lowest BCUT2D eigenvalue weighted by Crippen LogP contribution is -2.12. The van der Waals surface area contributed by atoms with Crippen molar-refractivity contribution in [1.82, 2.24) is 24.7 Å². The van der Waals surface area contributed by atoms with Crippen LogP contribution in [0.2, 0.25) is 5.02 Å². The lowest BCUT2D eigenvalue weighted by Gasteiger charge is -2.09. The van der Waals surface area contributed by atoms with Crippen LogP contribution in [-0.4, -0.2) is 41.5 Å². The third kappa shape index (κ3) is 2.74. The van der Waals surface area contributed by atoms with Gasteiger partial charge in [0.15, 0.2) is 11.6 Å². The van der Waals surface area contributed by atoms with Crippen LogP contribution in [0.25, 0.3) is 5.82 Å². The summed E-state index contributed by atoms with van der Waals surface area (Å²) < 4.78 is 1.71. The second kappa shape index (κ2) is 6.30. The summed E-state index contributed by atoms with van der Waals surface area (Å²) in [5, 5.41) is 18.1. The molecule has 0 unspecified atom stereocenters. The van der Waals surface area contributed by atoms with Crippen molar-refractivity contribution in [3.8, 4) is 5.82 Å². The molecule has 8 nitrogen and oxygen atoms in total. The van der Waals surface area contributed by atoms with Gasteiger partial charge in [0.25, 0.3) is 0 Å². The number of carbonyl (C=O) groups is 1. The summed E-state index contributed by atoms with van der Waals surface area (Å²) in [4.78, 5) is 24.9. The van der Waals surface area contributed by atoms with Crippen LogP contribution in [-0.2, 0) is 4.79 Å². The highest BCUT2D eigenvalue weighted by Crippen LogP contribution is 2.30. The molecule has 2 aromatic heterocycles. The van der Waals surface area contributed by atoms with Gasteiger partial charge in [-0.15, -0.1) is 10.2 Å². The summed E-state index contributed by atoms with van der Waals surface area (Å²) >= 11 is 5.99. The van der Waals surface area contributed by atoms with Gasteiger partial charge in [0.05, 0.1) is 12.1 Å². The zero-order chi connectivity index (χ0) is 18.3. The number of aliphatic imine (C=N–C) groups is 1. The molecule has 9 heteroatoms. The summed E-state index contributed by atoms with van der Waals surface area (Å²) in [5.74, 6) is 0.556. The van der Waals surface area contributed by atoms with Crippen LogP contribution in [0.5, 0.6) is 0 Å². The molecular weight excluding hydrogens is 356 g/mol. The van der Waals surface area contributed by atoms with Gasteiger partial charge in [0.2, 0.25) is 0 Å². The molecule has 1 N–H and O–H groups in total. The average Bonchev–Trinajstić information content (AvgIpc) is 2.94. The van der Waals surface area contributed by atoms with Crippen LogP contribution < -0.4 is 0 Å². The molecule has 26 heavy (non-hydrogen) atoms. The maximum Gasteiger partial charge on any atom is 0.306 e. The van der Waals surface area contributed by atoms with E-state index in [-0.39, 0.29) is 6.42 Å². The van der Waals surface area contributed by atoms with E-state index in [0.717, 1.165) is 5.56 Å². The maximum atomic E-state index is 11.4. The Bertz CT molecular complexity index is 1030. The van der Waals surface area contributed by atoms with Gasteiger partial charge < -0.3 is 5.11 Å². The van der Waals surface area contributed by atoms with E-state index in [0.29, 0.717) is 33.9 Å². The summed E-state index contributed by atoms with van der Waals surface area (Å²) in [6.07, 6.45) is 2.92. The number of carboxylic acids is 1. The van der Waals surface area contributed by atoms with E-state index in [2.05, 4.69) is 25.2 Å². The Kier molecular flexibility index (Phi) is 3.96. The molecule has 0 spiro atoms. The quantitative estimate of drug-likeness (QED) is 0.760. The minimum absolute atomic E-state index is 0.219. The molecule has 0 amide bonds. The molecule has 0 fully saturated rings. The number of nitrogens with zero attached hydrogens (tertiary/aromatic N) is 6. The van der Waals surface area contributed by atoms with Gasteiger partial charge in [0, 0.05) is 23.0 Å². The van der Waals surface area contributed by atoms with Crippen LogP contribution in [0, 0.1) is 6.92 Å². The van der Waals surface area contributed by atoms with Crippen molar-refractivity contribution in [1.29, 1.82) is 0 Å². The highest BCUT2D eigenvalue weighted by atomic mass is 35.5. The largest absolute Gasteiger partial charge is 0.481 e. The Morgan fingerprint density at radius 2 is 1.92 bits per heavy atom. The van der Waals surface area contributed by atoms with Gasteiger partial charge in [-0.2, -0.15) is 0 Å². The molecule has 0 saturated heterocycles. The predicted octanol–water partition coefficient (Wildman–Crippen LogP) is 2.39. The van der Waals surface area contributed by atoms with Crippen molar-refractivity contribution >= 4 is 23.3 Å². The van der Waals surface area contributed by atoms with E-state index in [1.807, 2.05) is 12.1 Å². The van der Waals surface area contributed by atoms with Gasteiger partial charge >= 0.3 is 5.97 Å². The highest BCUT2D eigenvalue weighted by Gasteiger charge is 2.30. The smallest absolute Gasteiger partial charge is 0.306 e. The van der Waals surface area contributed by atoms with Gasteiger partial charge in [0.1, 0.15) is 17.6 Å². The third-order valence-corrected chi connectivity index (χ3v) is 4.29. The number of carboxylic acid groups (broad SMARTS) is 1. The van der Waals surface area contributed by atoms with Crippen molar-refractivity contribution in [2.24, 2.45) is 4.99 Å². The predicted molar refractivity (Wildman–Crippen MR) is 93.8 cm³/mol. The maximum absolute atomic E-state index is 11.4. The molecule has 130 valence electrons. The Balaban J connectivity index is 1.99. The zero-order valence-corrected chi connectivity index (χ0v) is 14.4. The minimum atomic E-state index is -0.978. The number of benzene rings is 1. The molecule has 1 atom stereocenters. The van der Waals surface area contributed by atoms with Gasteiger partial charge in [-0.3, -0.25) is 14.4 Å². The standard InChI is InChI=1S/C17H13ClN6O2/c1-9-22-23-16-12(8-13(25)26)21-14(10-2-4-11(18)5-3-10)15-17(24(9)16)20-7-6-19-15/h2-7,12H,8H2,1H3,(H,25,26)/t12-/m0/s1. The van der Waals surface area contributed by atoms with Crippen LogP contribution in [0.4, 0.5) is 0 Å². The fraction of sp³-hybridized carbons (Fsp3) is 0.176. The van der Waals surface area contributed by atoms with E-state index < -0.39 is 12.0 Å². The SMILES string of the molecule is Cc1nnc2n1-c1nccnc1C(c1ccc(Cl)cc1)=N[C@H]2CC(=O)O. The highest BCUT2D eigenvalue weighted by molar-refractivity contribution is 6.30. The first kappa shape index (κ1) is 16.3. The normalized spacial score (nSPS) is 15.6. The second-order valence-corrected chi connectivity index (χ2v) is 6.20. The summed E-state index contributed by atoms with van der Waals surface area (Å²) in [5.41, 5.74) is 1.84. The number of halogens is 1. The Labute approximate surface area is 153 Å². The van der Waals surface area contributed by atoms with Crippen molar-refractivity contribution in [3.05, 3.63) is 64.6 Å². The van der Waals surface area contributed by atoms with Gasteiger partial charge in [-0.05, 0) is 19.1 Å². The van der Waals surface area contributed by atoms with Crippen LogP contribution in [0.1, 0.15) is 35.4 Å². The molecule has 1 aliphatic heterocycles. The second-order valence-electron chi connectivity index (χ2n) is 5.77. The molecule has 0 bridgehead atoms. The summed E-state index contributed by atoms with van der Waals surface area (Å²) in [6, 6.07) is 6.42. The first-order valence-electron chi connectivity index (χ1n) is 7.84. The lowest BCUT2D eigenvalue weighted by molar-refractivity contribution is -0.137. The van der Waals surface area contributed by atoms with Gasteiger partial charge in [-0.25, -0.2) is 9.97 Å². The fourth-order valence-corrected chi connectivity index (χ4v) is 3.04. The van der Waals surface area contributed by atoms with Crippen molar-refractivity contribution in [2.75, 3.05) is 0 Å². The number of hydrogen-bond donors (Lipinski definition) is 1. The van der Waals surface area contributed by atoms with Gasteiger partial charge in [-0.1, -0.05) is 23.7 Å². The topological polar surface area (TPSA) is 106 Å². The number of hydrogen-bond acceptors (Lipinski definition) is 6. The molecule has 1 aromatic carbocycles. The molecule has 3 aromatic rings. The van der Waals surface area contributed by atoms with E-state index in [1.165, 1.54) is 0 Å². The monoisotopic (exact) mass is 368 g/mol. The van der Waals surface area contributed by atoms with Crippen molar-refractivity contribution in [3.63, 3.8) is 0 Å². The third-order valence-electron chi connectivity index (χ3n) is 4.03. The zero-order valence-electron chi connectivity index (χ0n) is 13.7. The molecule has 0 radical (unpaired) electrons. The number of aliphatic carboxylic acids is 1. The van der Waals surface area contributed by atoms with E-state index in [1.54, 1.807) is 36.0 Å². The molecule has 0 aliphatic carbocycles. The van der Waals surface area contributed by atoms with Crippen LogP contribution in [0.15, 0.2) is 41.7 Å². The van der Waals surface area contributed by atoms with Crippen molar-refractivity contribution in [2.45, 2.75) is 19.4 Å². The Hall–Kier alpha value is -3.13. The number of fused-ring (bicyclic) bond motifs is 3. The minimum Gasteiger partial charge on any atom is -0.481 e. The number of rotatable bonds is 3. The van der Waals surface area contributed by atoms with Crippen molar-refractivity contribution < 1.29 is 9.90 Å².